The molecule has 2 aliphatic carbocycles. The smallest absolute Gasteiger partial charge is 0.204 e. The molecular formula is C21H30N4O2S2. The van der Waals surface area contributed by atoms with Crippen LogP contribution in [-0.2, 0) is 13.2 Å². The molecule has 2 fully saturated rings. The first-order valence-corrected chi connectivity index (χ1v) is 11.7. The molecule has 1 heterocycles. The Morgan fingerprint density at radius 1 is 1.17 bits per heavy atom. The van der Waals surface area contributed by atoms with E-state index in [0.29, 0.717) is 18.8 Å². The normalized spacial score (nSPS) is 17.5. The standard InChI is InChI=1S/C21H30N4O2S2/c1-26-18-10-11-19(27-2)15(12-18)13-24(17-8-9-17)14-25-21(28)29-20(23-25)22-16-6-4-3-5-7-16/h10-12,16-17H,3-9,13-14H2,1-2H3,(H,22,23). The van der Waals surface area contributed by atoms with Crippen molar-refractivity contribution in [3.8, 4) is 11.5 Å². The topological polar surface area (TPSA) is 51.6 Å². The molecule has 1 aromatic heterocycles. The number of aromatic nitrogens is 2. The third-order valence-corrected chi connectivity index (χ3v) is 7.02. The van der Waals surface area contributed by atoms with Crippen LogP contribution in [0.1, 0.15) is 50.5 Å². The predicted octanol–water partition coefficient (Wildman–Crippen LogP) is 5.06. The molecule has 4 rings (SSSR count). The number of hydrogen-bond acceptors (Lipinski definition) is 7. The van der Waals surface area contributed by atoms with Crippen molar-refractivity contribution in [1.82, 2.24) is 14.7 Å². The van der Waals surface area contributed by atoms with Crippen molar-refractivity contribution in [3.05, 3.63) is 27.7 Å². The Hall–Kier alpha value is -1.64. The summed E-state index contributed by atoms with van der Waals surface area (Å²) in [6.45, 7) is 1.49. The van der Waals surface area contributed by atoms with Crippen molar-refractivity contribution in [1.29, 1.82) is 0 Å². The Morgan fingerprint density at radius 2 is 1.97 bits per heavy atom. The molecule has 0 atom stereocenters. The van der Waals surface area contributed by atoms with E-state index in [0.717, 1.165) is 32.7 Å². The number of nitrogens with one attached hydrogen (secondary N) is 1. The van der Waals surface area contributed by atoms with E-state index in [1.807, 2.05) is 16.8 Å². The molecule has 0 bridgehead atoms. The number of benzene rings is 1. The molecule has 8 heteroatoms. The quantitative estimate of drug-likeness (QED) is 0.557. The van der Waals surface area contributed by atoms with Gasteiger partial charge in [-0.1, -0.05) is 30.6 Å². The van der Waals surface area contributed by atoms with E-state index in [1.165, 1.54) is 44.9 Å². The number of hydrogen-bond donors (Lipinski definition) is 1. The molecule has 0 spiro atoms. The van der Waals surface area contributed by atoms with Crippen molar-refractivity contribution in [2.24, 2.45) is 0 Å². The first-order chi connectivity index (χ1) is 14.2. The fraction of sp³-hybridized carbons (Fsp3) is 0.619. The van der Waals surface area contributed by atoms with Crippen LogP contribution in [0.3, 0.4) is 0 Å². The van der Waals surface area contributed by atoms with Crippen LogP contribution in [0.4, 0.5) is 5.13 Å². The molecule has 1 aromatic carbocycles. The van der Waals surface area contributed by atoms with Crippen molar-refractivity contribution in [3.63, 3.8) is 0 Å². The summed E-state index contributed by atoms with van der Waals surface area (Å²) in [6.07, 6.45) is 8.87. The summed E-state index contributed by atoms with van der Waals surface area (Å²) in [5, 5.41) is 9.36. The molecule has 0 radical (unpaired) electrons. The van der Waals surface area contributed by atoms with Gasteiger partial charge in [0.15, 0.2) is 3.95 Å². The van der Waals surface area contributed by atoms with E-state index in [-0.39, 0.29) is 0 Å². The molecule has 0 saturated heterocycles. The van der Waals surface area contributed by atoms with Crippen LogP contribution >= 0.6 is 23.6 Å². The van der Waals surface area contributed by atoms with Crippen LogP contribution < -0.4 is 14.8 Å². The summed E-state index contributed by atoms with van der Waals surface area (Å²) < 4.78 is 13.8. The summed E-state index contributed by atoms with van der Waals surface area (Å²) in [5.41, 5.74) is 1.13. The summed E-state index contributed by atoms with van der Waals surface area (Å²) >= 11 is 7.21. The number of rotatable bonds is 9. The van der Waals surface area contributed by atoms with Gasteiger partial charge in [0, 0.05) is 24.2 Å². The van der Waals surface area contributed by atoms with Crippen LogP contribution in [0.15, 0.2) is 18.2 Å². The third-order valence-electron chi connectivity index (χ3n) is 5.78. The Balaban J connectivity index is 1.47. The third kappa shape index (κ3) is 5.29. The van der Waals surface area contributed by atoms with E-state index >= 15 is 0 Å². The minimum atomic E-state index is 0.540. The van der Waals surface area contributed by atoms with Gasteiger partial charge in [0.25, 0.3) is 0 Å². The summed E-state index contributed by atoms with van der Waals surface area (Å²) in [4.78, 5) is 2.44. The molecule has 0 unspecified atom stereocenters. The largest absolute Gasteiger partial charge is 0.497 e. The highest BCUT2D eigenvalue weighted by molar-refractivity contribution is 7.73. The van der Waals surface area contributed by atoms with E-state index in [2.05, 4.69) is 16.3 Å². The van der Waals surface area contributed by atoms with Crippen LogP contribution in [0, 0.1) is 3.95 Å². The molecule has 29 heavy (non-hydrogen) atoms. The zero-order valence-corrected chi connectivity index (χ0v) is 18.9. The molecule has 2 saturated carbocycles. The minimum absolute atomic E-state index is 0.540. The van der Waals surface area contributed by atoms with Gasteiger partial charge >= 0.3 is 0 Å². The van der Waals surface area contributed by atoms with Crippen molar-refractivity contribution >= 4 is 28.7 Å². The SMILES string of the molecule is COc1ccc(OC)c(CN(Cn2nc(NC3CCCCC3)sc2=S)C2CC2)c1. The lowest BCUT2D eigenvalue weighted by molar-refractivity contribution is 0.185. The van der Waals surface area contributed by atoms with Gasteiger partial charge < -0.3 is 14.8 Å². The van der Waals surface area contributed by atoms with Gasteiger partial charge in [0.1, 0.15) is 11.5 Å². The minimum Gasteiger partial charge on any atom is -0.497 e. The molecular weight excluding hydrogens is 404 g/mol. The van der Waals surface area contributed by atoms with Crippen molar-refractivity contribution < 1.29 is 9.47 Å². The maximum Gasteiger partial charge on any atom is 0.204 e. The Morgan fingerprint density at radius 3 is 2.66 bits per heavy atom. The number of nitrogens with zero attached hydrogens (tertiary/aromatic N) is 3. The van der Waals surface area contributed by atoms with Gasteiger partial charge in [-0.15, -0.1) is 5.10 Å². The number of methoxy groups -OCH3 is 2. The maximum atomic E-state index is 5.63. The van der Waals surface area contributed by atoms with Crippen LogP contribution in [-0.4, -0.2) is 41.0 Å². The second-order valence-electron chi connectivity index (χ2n) is 7.95. The average Bonchev–Trinajstić information content (AvgIpc) is 3.53. The molecule has 0 aliphatic heterocycles. The first kappa shape index (κ1) is 20.6. The highest BCUT2D eigenvalue weighted by atomic mass is 32.1. The lowest BCUT2D eigenvalue weighted by Gasteiger charge is -2.23. The lowest BCUT2D eigenvalue weighted by Crippen LogP contribution is -2.29. The second-order valence-corrected chi connectivity index (χ2v) is 9.57. The van der Waals surface area contributed by atoms with Crippen LogP contribution in [0.2, 0.25) is 0 Å². The van der Waals surface area contributed by atoms with Gasteiger partial charge in [0.2, 0.25) is 5.13 Å². The van der Waals surface area contributed by atoms with Gasteiger partial charge in [-0.05, 0) is 56.1 Å². The van der Waals surface area contributed by atoms with E-state index in [1.54, 1.807) is 25.6 Å². The maximum absolute atomic E-state index is 5.63. The molecule has 6 nitrogen and oxygen atoms in total. The fourth-order valence-electron chi connectivity index (χ4n) is 4.01. The lowest BCUT2D eigenvalue weighted by atomic mass is 9.96. The molecule has 0 amide bonds. The van der Waals surface area contributed by atoms with Crippen molar-refractivity contribution in [2.75, 3.05) is 19.5 Å². The van der Waals surface area contributed by atoms with Gasteiger partial charge in [-0.25, -0.2) is 4.68 Å². The number of ether oxygens (including phenoxy) is 2. The van der Waals surface area contributed by atoms with Crippen LogP contribution in [0.25, 0.3) is 0 Å². The molecule has 1 N–H and O–H groups in total. The highest BCUT2D eigenvalue weighted by Crippen LogP contribution is 2.33. The van der Waals surface area contributed by atoms with Crippen LogP contribution in [0.5, 0.6) is 11.5 Å². The summed E-state index contributed by atoms with van der Waals surface area (Å²) in [5.74, 6) is 1.73. The molecule has 2 aromatic rings. The zero-order chi connectivity index (χ0) is 20.2. The molecule has 2 aliphatic rings. The first-order valence-electron chi connectivity index (χ1n) is 10.5. The fourth-order valence-corrected chi connectivity index (χ4v) is 5.08. The number of anilines is 1. The zero-order valence-electron chi connectivity index (χ0n) is 17.2. The van der Waals surface area contributed by atoms with Crippen molar-refractivity contribution in [2.45, 2.75) is 70.2 Å². The van der Waals surface area contributed by atoms with E-state index in [4.69, 9.17) is 26.8 Å². The van der Waals surface area contributed by atoms with Gasteiger partial charge in [0.05, 0.1) is 20.9 Å². The molecule has 158 valence electrons. The Kier molecular flexibility index (Phi) is 6.72. The Labute approximate surface area is 181 Å². The average molecular weight is 435 g/mol. The predicted molar refractivity (Wildman–Crippen MR) is 120 cm³/mol. The van der Waals surface area contributed by atoms with E-state index in [9.17, 15) is 0 Å². The Bertz CT molecular complexity index is 872. The monoisotopic (exact) mass is 434 g/mol. The van der Waals surface area contributed by atoms with Gasteiger partial charge in [-0.3, -0.25) is 4.90 Å². The van der Waals surface area contributed by atoms with E-state index < -0.39 is 0 Å². The summed E-state index contributed by atoms with van der Waals surface area (Å²) in [6, 6.07) is 7.08. The highest BCUT2D eigenvalue weighted by Gasteiger charge is 2.30. The second kappa shape index (κ2) is 9.45. The summed E-state index contributed by atoms with van der Waals surface area (Å²) in [7, 11) is 3.41. The van der Waals surface area contributed by atoms with Gasteiger partial charge in [-0.2, -0.15) is 0 Å².